The van der Waals surface area contributed by atoms with Crippen molar-refractivity contribution >= 4 is 13.3 Å². The first-order valence-corrected chi connectivity index (χ1v) is 9.53. The van der Waals surface area contributed by atoms with Crippen molar-refractivity contribution in [3.63, 3.8) is 0 Å². The number of ether oxygens (including phenoxy) is 1. The molecule has 1 aromatic rings. The highest BCUT2D eigenvalue weighted by Gasteiger charge is 2.34. The Morgan fingerprint density at radius 3 is 2.24 bits per heavy atom. The number of likely N-dealkylation sites (N-methyl/N-ethyl adjacent to an activating group) is 1. The Balaban J connectivity index is 3.02. The number of carbonyl (C=O) groups excluding carboxylic acids is 1. The summed E-state index contributed by atoms with van der Waals surface area (Å²) >= 11 is 0. The maximum absolute atomic E-state index is 12.9. The van der Waals surface area contributed by atoms with Gasteiger partial charge in [0.2, 0.25) is 0 Å². The smallest absolute Gasteiger partial charge is 0.324 e. The second-order valence-electron chi connectivity index (χ2n) is 5.01. The van der Waals surface area contributed by atoms with Crippen LogP contribution in [-0.2, 0) is 20.5 Å². The number of carbonyl (C=O) groups is 1. The van der Waals surface area contributed by atoms with Crippen LogP contribution in [0.2, 0.25) is 0 Å². The van der Waals surface area contributed by atoms with Crippen molar-refractivity contribution in [2.24, 2.45) is 0 Å². The molecule has 0 saturated heterocycles. The summed E-state index contributed by atoms with van der Waals surface area (Å²) in [5.74, 6) is -0.300. The average molecular weight is 311 g/mol. The normalized spacial score (nSPS) is 13.2. The van der Waals surface area contributed by atoms with Crippen LogP contribution in [0, 0.1) is 0 Å². The zero-order valence-corrected chi connectivity index (χ0v) is 14.3. The van der Waals surface area contributed by atoms with E-state index >= 15 is 0 Å². The lowest BCUT2D eigenvalue weighted by atomic mass is 10.1. The molecular formula is C16H26NO3P. The van der Waals surface area contributed by atoms with Gasteiger partial charge in [0.1, 0.15) is 13.3 Å². The van der Waals surface area contributed by atoms with E-state index in [9.17, 15) is 9.36 Å². The van der Waals surface area contributed by atoms with E-state index in [2.05, 4.69) is 0 Å². The van der Waals surface area contributed by atoms with Crippen molar-refractivity contribution in [1.82, 2.24) is 4.67 Å². The quantitative estimate of drug-likeness (QED) is 0.545. The highest BCUT2D eigenvalue weighted by Crippen LogP contribution is 2.49. The third-order valence-corrected chi connectivity index (χ3v) is 7.25. The Kier molecular flexibility index (Phi) is 7.13. The van der Waals surface area contributed by atoms with Crippen molar-refractivity contribution in [2.75, 3.05) is 26.0 Å². The lowest BCUT2D eigenvalue weighted by Crippen LogP contribution is -2.40. The number of hydrogen-bond acceptors (Lipinski definition) is 3. The Bertz CT molecular complexity index is 482. The molecule has 0 fully saturated rings. The van der Waals surface area contributed by atoms with Gasteiger partial charge in [-0.05, 0) is 26.0 Å². The number of hydrogen-bond donors (Lipinski definition) is 0. The standard InChI is InChI=1S/C16H26NO3P/c1-5-20-16(18)15(13-14-11-9-8-10-12-14)17(4)21(19,6-2)7-3/h8-12,15H,5-7,13H2,1-4H3/t15-/m0/s1. The molecule has 0 heterocycles. The van der Waals surface area contributed by atoms with Gasteiger partial charge in [0, 0.05) is 12.3 Å². The monoisotopic (exact) mass is 311 g/mol. The summed E-state index contributed by atoms with van der Waals surface area (Å²) in [5.41, 5.74) is 1.04. The molecule has 0 saturated carbocycles. The topological polar surface area (TPSA) is 46.6 Å². The molecule has 5 heteroatoms. The predicted octanol–water partition coefficient (Wildman–Crippen LogP) is 3.41. The van der Waals surface area contributed by atoms with Gasteiger partial charge in [0.25, 0.3) is 0 Å². The van der Waals surface area contributed by atoms with Gasteiger partial charge in [-0.25, -0.2) is 4.67 Å². The van der Waals surface area contributed by atoms with Crippen LogP contribution >= 0.6 is 7.29 Å². The lowest BCUT2D eigenvalue weighted by Gasteiger charge is -2.32. The van der Waals surface area contributed by atoms with Crippen LogP contribution in [0.15, 0.2) is 30.3 Å². The van der Waals surface area contributed by atoms with Gasteiger partial charge in [-0.3, -0.25) is 4.79 Å². The number of benzene rings is 1. The third kappa shape index (κ3) is 4.69. The Morgan fingerprint density at radius 1 is 1.19 bits per heavy atom. The molecule has 0 aromatic heterocycles. The molecule has 0 aliphatic carbocycles. The molecular weight excluding hydrogens is 285 g/mol. The van der Waals surface area contributed by atoms with Gasteiger partial charge in [-0.1, -0.05) is 44.2 Å². The molecule has 1 rings (SSSR count). The SMILES string of the molecule is CCOC(=O)[C@H](Cc1ccccc1)N(C)P(=O)(CC)CC. The summed E-state index contributed by atoms with van der Waals surface area (Å²) in [6, 6.07) is 9.27. The van der Waals surface area contributed by atoms with Gasteiger partial charge in [-0.2, -0.15) is 0 Å². The van der Waals surface area contributed by atoms with E-state index in [1.165, 1.54) is 0 Å². The fourth-order valence-electron chi connectivity index (χ4n) is 2.37. The summed E-state index contributed by atoms with van der Waals surface area (Å²) in [5, 5.41) is 0. The molecule has 21 heavy (non-hydrogen) atoms. The van der Waals surface area contributed by atoms with E-state index in [4.69, 9.17) is 4.74 Å². The van der Waals surface area contributed by atoms with Crippen molar-refractivity contribution in [3.05, 3.63) is 35.9 Å². The minimum Gasteiger partial charge on any atom is -0.465 e. The summed E-state index contributed by atoms with van der Waals surface area (Å²) in [7, 11) is -0.734. The first-order chi connectivity index (χ1) is 9.98. The van der Waals surface area contributed by atoms with Crippen LogP contribution in [-0.4, -0.2) is 42.7 Å². The Labute approximate surface area is 127 Å². The van der Waals surface area contributed by atoms with Crippen LogP contribution in [0.1, 0.15) is 26.3 Å². The minimum absolute atomic E-state index is 0.300. The molecule has 0 aliphatic rings. The van der Waals surface area contributed by atoms with Gasteiger partial charge in [-0.15, -0.1) is 0 Å². The second kappa shape index (κ2) is 8.35. The van der Waals surface area contributed by atoms with E-state index in [0.717, 1.165) is 5.56 Å². The van der Waals surface area contributed by atoms with Crippen LogP contribution in [0.3, 0.4) is 0 Å². The predicted molar refractivity (Wildman–Crippen MR) is 87.0 cm³/mol. The summed E-state index contributed by atoms with van der Waals surface area (Å²) in [4.78, 5) is 12.3. The molecule has 0 unspecified atom stereocenters. The fraction of sp³-hybridized carbons (Fsp3) is 0.562. The van der Waals surface area contributed by atoms with Crippen molar-refractivity contribution < 1.29 is 14.1 Å². The number of rotatable bonds is 8. The molecule has 0 N–H and O–H groups in total. The van der Waals surface area contributed by atoms with E-state index in [-0.39, 0.29) is 5.97 Å². The largest absolute Gasteiger partial charge is 0.465 e. The molecule has 0 spiro atoms. The first-order valence-electron chi connectivity index (χ1n) is 7.50. The summed E-state index contributed by atoms with van der Waals surface area (Å²) < 4.78 is 19.8. The summed E-state index contributed by atoms with van der Waals surface area (Å²) in [6.45, 7) is 5.94. The van der Waals surface area contributed by atoms with Gasteiger partial charge < -0.3 is 9.30 Å². The molecule has 0 bridgehead atoms. The Hall–Kier alpha value is -1.12. The van der Waals surface area contributed by atoms with Gasteiger partial charge in [0.05, 0.1) is 6.61 Å². The maximum Gasteiger partial charge on any atom is 0.324 e. The number of esters is 1. The number of nitrogens with zero attached hydrogens (tertiary/aromatic N) is 1. The van der Waals surface area contributed by atoms with E-state index in [1.807, 2.05) is 44.2 Å². The van der Waals surface area contributed by atoms with Crippen molar-refractivity contribution in [3.8, 4) is 0 Å². The van der Waals surface area contributed by atoms with E-state index in [0.29, 0.717) is 25.4 Å². The zero-order valence-electron chi connectivity index (χ0n) is 13.4. The average Bonchev–Trinajstić information content (AvgIpc) is 2.52. The van der Waals surface area contributed by atoms with Gasteiger partial charge >= 0.3 is 5.97 Å². The summed E-state index contributed by atoms with van der Waals surface area (Å²) in [6.07, 6.45) is 1.63. The maximum atomic E-state index is 12.9. The molecule has 0 aliphatic heterocycles. The molecule has 1 atom stereocenters. The molecule has 4 nitrogen and oxygen atoms in total. The van der Waals surface area contributed by atoms with Gasteiger partial charge in [0.15, 0.2) is 0 Å². The van der Waals surface area contributed by atoms with Crippen molar-refractivity contribution in [1.29, 1.82) is 0 Å². The van der Waals surface area contributed by atoms with Crippen LogP contribution in [0.25, 0.3) is 0 Å². The highest BCUT2D eigenvalue weighted by molar-refractivity contribution is 7.61. The van der Waals surface area contributed by atoms with E-state index < -0.39 is 13.3 Å². The Morgan fingerprint density at radius 2 is 1.76 bits per heavy atom. The van der Waals surface area contributed by atoms with Crippen LogP contribution in [0.5, 0.6) is 0 Å². The van der Waals surface area contributed by atoms with E-state index in [1.54, 1.807) is 18.6 Å². The highest BCUT2D eigenvalue weighted by atomic mass is 31.2. The van der Waals surface area contributed by atoms with Crippen LogP contribution < -0.4 is 0 Å². The molecule has 1 aromatic carbocycles. The first kappa shape index (κ1) is 17.9. The van der Waals surface area contributed by atoms with Crippen molar-refractivity contribution in [2.45, 2.75) is 33.2 Å². The molecule has 118 valence electrons. The molecule has 0 amide bonds. The molecule has 0 radical (unpaired) electrons. The lowest BCUT2D eigenvalue weighted by molar-refractivity contribution is -0.147. The van der Waals surface area contributed by atoms with Crippen LogP contribution in [0.4, 0.5) is 0 Å². The third-order valence-electron chi connectivity index (χ3n) is 3.84. The minimum atomic E-state index is -2.51. The zero-order chi connectivity index (χ0) is 15.9. The second-order valence-corrected chi connectivity index (χ2v) is 8.60. The fourth-order valence-corrected chi connectivity index (χ4v) is 4.39.